The van der Waals surface area contributed by atoms with E-state index in [2.05, 4.69) is 58.6 Å². The van der Waals surface area contributed by atoms with E-state index in [9.17, 15) is 0 Å². The molecule has 0 bridgehead atoms. The smallest absolute Gasteiger partial charge is 0.127 e. The highest BCUT2D eigenvalue weighted by Gasteiger charge is 2.20. The van der Waals surface area contributed by atoms with Gasteiger partial charge in [-0.05, 0) is 24.1 Å². The second kappa shape index (κ2) is 4.24. The molecule has 1 N–H and O–H groups in total. The highest BCUT2D eigenvalue weighted by Crippen LogP contribution is 2.29. The molecule has 17 heavy (non-hydrogen) atoms. The Morgan fingerprint density at radius 1 is 1.35 bits per heavy atom. The van der Waals surface area contributed by atoms with Gasteiger partial charge in [0.1, 0.15) is 5.84 Å². The maximum atomic E-state index is 4.66. The van der Waals surface area contributed by atoms with Gasteiger partial charge >= 0.3 is 0 Å². The van der Waals surface area contributed by atoms with Crippen molar-refractivity contribution in [2.75, 3.05) is 29.9 Å². The molecule has 0 amide bonds. The molecule has 0 saturated carbocycles. The minimum absolute atomic E-state index is 0.567. The van der Waals surface area contributed by atoms with Crippen LogP contribution in [0.4, 0.5) is 11.4 Å². The first-order chi connectivity index (χ1) is 8.34. The molecule has 0 spiro atoms. The van der Waals surface area contributed by atoms with Crippen molar-refractivity contribution in [2.24, 2.45) is 10.9 Å². The zero-order valence-electron chi connectivity index (χ0n) is 10.1. The van der Waals surface area contributed by atoms with Gasteiger partial charge in [-0.3, -0.25) is 4.99 Å². The normalized spacial score (nSPS) is 22.8. The van der Waals surface area contributed by atoms with Gasteiger partial charge in [0, 0.05) is 19.6 Å². The van der Waals surface area contributed by atoms with Crippen LogP contribution in [-0.4, -0.2) is 25.5 Å². The number of nitrogens with zero attached hydrogens (tertiary/aromatic N) is 2. The number of hydrogen-bond donors (Lipinski definition) is 1. The maximum Gasteiger partial charge on any atom is 0.127 e. The largest absolute Gasteiger partial charge is 0.382 e. The summed E-state index contributed by atoms with van der Waals surface area (Å²) in [5.41, 5.74) is 2.44. The number of para-hydroxylation sites is 2. The molecule has 1 aromatic rings. The molecule has 3 heteroatoms. The van der Waals surface area contributed by atoms with Crippen LogP contribution in [0, 0.1) is 5.92 Å². The molecule has 2 aliphatic heterocycles. The Labute approximate surface area is 102 Å². The van der Waals surface area contributed by atoms with Gasteiger partial charge in [-0.15, -0.1) is 0 Å². The van der Waals surface area contributed by atoms with Crippen molar-refractivity contribution < 1.29 is 0 Å². The molecule has 0 fully saturated rings. The first kappa shape index (κ1) is 10.4. The van der Waals surface area contributed by atoms with Gasteiger partial charge in [0.05, 0.1) is 11.4 Å². The van der Waals surface area contributed by atoms with Crippen LogP contribution in [0.2, 0.25) is 0 Å². The van der Waals surface area contributed by atoms with Gasteiger partial charge in [-0.2, -0.15) is 0 Å². The summed E-state index contributed by atoms with van der Waals surface area (Å²) in [5, 5.41) is 3.42. The Bertz CT molecular complexity index is 476. The van der Waals surface area contributed by atoms with Crippen LogP contribution in [0.15, 0.2) is 41.4 Å². The Balaban J connectivity index is 1.93. The van der Waals surface area contributed by atoms with Crippen LogP contribution in [0.3, 0.4) is 0 Å². The molecule has 88 valence electrons. The fraction of sp³-hybridized carbons (Fsp3) is 0.357. The highest BCUT2D eigenvalue weighted by molar-refractivity contribution is 6.08. The zero-order valence-corrected chi connectivity index (χ0v) is 10.1. The molecule has 0 saturated heterocycles. The van der Waals surface area contributed by atoms with Crippen molar-refractivity contribution in [3.63, 3.8) is 0 Å². The van der Waals surface area contributed by atoms with Crippen LogP contribution in [0.1, 0.15) is 6.92 Å². The second-order valence-electron chi connectivity index (χ2n) is 4.63. The molecule has 3 nitrogen and oxygen atoms in total. The summed E-state index contributed by atoms with van der Waals surface area (Å²) in [5.74, 6) is 1.66. The van der Waals surface area contributed by atoms with Crippen LogP contribution in [-0.2, 0) is 0 Å². The van der Waals surface area contributed by atoms with Gasteiger partial charge in [0.2, 0.25) is 0 Å². The average molecular weight is 227 g/mol. The summed E-state index contributed by atoms with van der Waals surface area (Å²) in [4.78, 5) is 6.96. The second-order valence-corrected chi connectivity index (χ2v) is 4.63. The first-order valence-electron chi connectivity index (χ1n) is 6.18. The molecule has 1 atom stereocenters. The third-order valence-electron chi connectivity index (χ3n) is 3.24. The lowest BCUT2D eigenvalue weighted by atomic mass is 10.1. The minimum atomic E-state index is 0.567. The molecular weight excluding hydrogens is 210 g/mol. The summed E-state index contributed by atoms with van der Waals surface area (Å²) in [6.45, 7) is 5.05. The van der Waals surface area contributed by atoms with Gasteiger partial charge in [-0.25, -0.2) is 0 Å². The SMILES string of the molecule is CC1C=CC(N2CCNc3ccccc32)=NC1. The summed E-state index contributed by atoms with van der Waals surface area (Å²) in [6, 6.07) is 8.41. The van der Waals surface area contributed by atoms with Crippen LogP contribution in [0.25, 0.3) is 0 Å². The van der Waals surface area contributed by atoms with Crippen molar-refractivity contribution in [2.45, 2.75) is 6.92 Å². The summed E-state index contributed by atoms with van der Waals surface area (Å²) in [6.07, 6.45) is 4.39. The molecule has 2 heterocycles. The Kier molecular flexibility index (Phi) is 2.59. The summed E-state index contributed by atoms with van der Waals surface area (Å²) < 4.78 is 0. The van der Waals surface area contributed by atoms with Gasteiger partial charge in [-0.1, -0.05) is 25.1 Å². The predicted molar refractivity (Wildman–Crippen MR) is 72.9 cm³/mol. The zero-order chi connectivity index (χ0) is 11.7. The van der Waals surface area contributed by atoms with E-state index in [1.807, 2.05) is 0 Å². The van der Waals surface area contributed by atoms with Crippen molar-refractivity contribution in [3.8, 4) is 0 Å². The number of rotatable bonds is 0. The Morgan fingerprint density at radius 3 is 3.06 bits per heavy atom. The Morgan fingerprint density at radius 2 is 2.24 bits per heavy atom. The maximum absolute atomic E-state index is 4.66. The Hall–Kier alpha value is -1.77. The molecule has 3 rings (SSSR count). The van der Waals surface area contributed by atoms with Gasteiger partial charge in [0.25, 0.3) is 0 Å². The number of anilines is 2. The monoisotopic (exact) mass is 227 g/mol. The molecule has 0 aliphatic carbocycles. The minimum Gasteiger partial charge on any atom is -0.382 e. The van der Waals surface area contributed by atoms with E-state index >= 15 is 0 Å². The average Bonchev–Trinajstić information content (AvgIpc) is 2.39. The van der Waals surface area contributed by atoms with E-state index in [0.29, 0.717) is 5.92 Å². The number of dihydropyridines is 1. The molecule has 2 aliphatic rings. The summed E-state index contributed by atoms with van der Waals surface area (Å²) in [7, 11) is 0. The molecule has 1 unspecified atom stereocenters. The number of aliphatic imine (C=N–C) groups is 1. The number of fused-ring (bicyclic) bond motifs is 1. The summed E-state index contributed by atoms with van der Waals surface area (Å²) >= 11 is 0. The lowest BCUT2D eigenvalue weighted by Crippen LogP contribution is -2.39. The van der Waals surface area contributed by atoms with E-state index in [-0.39, 0.29) is 0 Å². The highest BCUT2D eigenvalue weighted by atomic mass is 15.2. The fourth-order valence-electron chi connectivity index (χ4n) is 2.30. The van der Waals surface area contributed by atoms with E-state index in [0.717, 1.165) is 25.5 Å². The van der Waals surface area contributed by atoms with Gasteiger partial charge < -0.3 is 10.2 Å². The molecule has 0 radical (unpaired) electrons. The third-order valence-corrected chi connectivity index (χ3v) is 3.24. The topological polar surface area (TPSA) is 27.6 Å². The van der Waals surface area contributed by atoms with Crippen LogP contribution in [0.5, 0.6) is 0 Å². The number of amidine groups is 1. The fourth-order valence-corrected chi connectivity index (χ4v) is 2.30. The van der Waals surface area contributed by atoms with E-state index in [1.54, 1.807) is 0 Å². The lowest BCUT2D eigenvalue weighted by molar-refractivity contribution is 0.729. The van der Waals surface area contributed by atoms with Crippen molar-refractivity contribution in [1.29, 1.82) is 0 Å². The van der Waals surface area contributed by atoms with E-state index in [1.165, 1.54) is 11.4 Å². The van der Waals surface area contributed by atoms with E-state index < -0.39 is 0 Å². The molecule has 0 aromatic heterocycles. The molecule has 1 aromatic carbocycles. The van der Waals surface area contributed by atoms with Crippen LogP contribution < -0.4 is 10.2 Å². The predicted octanol–water partition coefficient (Wildman–Crippen LogP) is 2.52. The third kappa shape index (κ3) is 1.93. The first-order valence-corrected chi connectivity index (χ1v) is 6.18. The van der Waals surface area contributed by atoms with Crippen molar-refractivity contribution in [3.05, 3.63) is 36.4 Å². The van der Waals surface area contributed by atoms with Crippen molar-refractivity contribution >= 4 is 17.2 Å². The number of nitrogens with one attached hydrogen (secondary N) is 1. The number of hydrogen-bond acceptors (Lipinski definition) is 3. The van der Waals surface area contributed by atoms with Crippen molar-refractivity contribution in [1.82, 2.24) is 0 Å². The quantitative estimate of drug-likeness (QED) is 0.737. The number of benzene rings is 1. The lowest BCUT2D eigenvalue weighted by Gasteiger charge is -2.32. The van der Waals surface area contributed by atoms with Gasteiger partial charge in [0.15, 0.2) is 0 Å². The van der Waals surface area contributed by atoms with E-state index in [4.69, 9.17) is 0 Å². The van der Waals surface area contributed by atoms with Crippen LogP contribution >= 0.6 is 0 Å². The molecular formula is C14H17N3. The standard InChI is InChI=1S/C14H17N3/c1-11-6-7-14(16-10-11)17-9-8-15-12-4-2-3-5-13(12)17/h2-7,11,15H,8-10H2,1H3.